The highest BCUT2D eigenvalue weighted by atomic mass is 35.5. The number of nitrogens with zero attached hydrogens (tertiary/aromatic N) is 1. The summed E-state index contributed by atoms with van der Waals surface area (Å²) in [6, 6.07) is 6.89. The number of aliphatic carboxylic acids is 1. The molecule has 1 saturated carbocycles. The van der Waals surface area contributed by atoms with Crippen molar-refractivity contribution >= 4 is 23.3 Å². The molecule has 0 aromatic heterocycles. The predicted octanol–water partition coefficient (Wildman–Crippen LogP) is 3.41. The van der Waals surface area contributed by atoms with Crippen LogP contribution in [0.5, 0.6) is 0 Å². The maximum absolute atomic E-state index is 11.6. The molecule has 0 aliphatic heterocycles. The van der Waals surface area contributed by atoms with Crippen molar-refractivity contribution in [1.29, 1.82) is 5.26 Å². The first-order chi connectivity index (χ1) is 9.07. The van der Waals surface area contributed by atoms with Crippen LogP contribution in [0.3, 0.4) is 0 Å². The molecule has 1 fully saturated rings. The molecule has 100 valence electrons. The van der Waals surface area contributed by atoms with E-state index in [1.807, 2.05) is 0 Å². The van der Waals surface area contributed by atoms with Gasteiger partial charge < -0.3 is 10.4 Å². The molecule has 0 bridgehead atoms. The lowest BCUT2D eigenvalue weighted by Gasteiger charge is -2.35. The average molecular weight is 279 g/mol. The summed E-state index contributed by atoms with van der Waals surface area (Å²) < 4.78 is 0. The van der Waals surface area contributed by atoms with Crippen molar-refractivity contribution in [3.05, 3.63) is 28.8 Å². The maximum Gasteiger partial charge on any atom is 0.329 e. The van der Waals surface area contributed by atoms with Crippen molar-refractivity contribution in [3.63, 3.8) is 0 Å². The van der Waals surface area contributed by atoms with E-state index in [0.29, 0.717) is 29.1 Å². The molecule has 19 heavy (non-hydrogen) atoms. The largest absolute Gasteiger partial charge is 0.480 e. The molecular formula is C14H15ClN2O2. The van der Waals surface area contributed by atoms with E-state index in [4.69, 9.17) is 16.9 Å². The van der Waals surface area contributed by atoms with E-state index in [1.54, 1.807) is 18.2 Å². The molecule has 1 aliphatic carbocycles. The number of hydrogen-bond acceptors (Lipinski definition) is 3. The normalized spacial score (nSPS) is 17.5. The Kier molecular flexibility index (Phi) is 3.96. The predicted molar refractivity (Wildman–Crippen MR) is 73.2 cm³/mol. The summed E-state index contributed by atoms with van der Waals surface area (Å²) in [6.07, 6.45) is 3.94. The van der Waals surface area contributed by atoms with Crippen LogP contribution in [-0.2, 0) is 4.79 Å². The number of carboxylic acid groups (broad SMARTS) is 1. The van der Waals surface area contributed by atoms with E-state index in [1.165, 1.54) is 0 Å². The summed E-state index contributed by atoms with van der Waals surface area (Å²) in [7, 11) is 0. The fourth-order valence-corrected chi connectivity index (χ4v) is 2.69. The van der Waals surface area contributed by atoms with Gasteiger partial charge in [-0.15, -0.1) is 0 Å². The molecule has 2 N–H and O–H groups in total. The summed E-state index contributed by atoms with van der Waals surface area (Å²) in [5.41, 5.74) is -0.0657. The standard InChI is InChI=1S/C14H15ClN2O2/c15-11-5-4-10(9-16)12(8-11)17-14(13(18)19)6-2-1-3-7-14/h4-5,8,17H,1-3,6-7H2,(H,18,19). The maximum atomic E-state index is 11.6. The van der Waals surface area contributed by atoms with Crippen molar-refractivity contribution in [2.45, 2.75) is 37.6 Å². The molecule has 1 aromatic carbocycles. The van der Waals surface area contributed by atoms with Crippen molar-refractivity contribution in [3.8, 4) is 6.07 Å². The van der Waals surface area contributed by atoms with Crippen LogP contribution in [0.4, 0.5) is 5.69 Å². The fourth-order valence-electron chi connectivity index (χ4n) is 2.52. The monoisotopic (exact) mass is 278 g/mol. The lowest BCUT2D eigenvalue weighted by atomic mass is 9.81. The molecule has 0 atom stereocenters. The number of anilines is 1. The van der Waals surface area contributed by atoms with Crippen LogP contribution in [0.1, 0.15) is 37.7 Å². The summed E-state index contributed by atoms with van der Waals surface area (Å²) >= 11 is 5.92. The first-order valence-electron chi connectivity index (χ1n) is 6.29. The zero-order valence-corrected chi connectivity index (χ0v) is 11.2. The lowest BCUT2D eigenvalue weighted by molar-refractivity contribution is -0.143. The van der Waals surface area contributed by atoms with E-state index >= 15 is 0 Å². The number of nitrogens with one attached hydrogen (secondary N) is 1. The van der Waals surface area contributed by atoms with Gasteiger partial charge in [-0.05, 0) is 31.0 Å². The first-order valence-corrected chi connectivity index (χ1v) is 6.66. The molecule has 1 aliphatic rings. The van der Waals surface area contributed by atoms with Crippen molar-refractivity contribution in [2.75, 3.05) is 5.32 Å². The topological polar surface area (TPSA) is 73.1 Å². The quantitative estimate of drug-likeness (QED) is 0.888. The Bertz CT molecular complexity index is 531. The van der Waals surface area contributed by atoms with Crippen LogP contribution in [0, 0.1) is 11.3 Å². The lowest BCUT2D eigenvalue weighted by Crippen LogP contribution is -2.48. The van der Waals surface area contributed by atoms with Gasteiger partial charge in [0.1, 0.15) is 11.6 Å². The van der Waals surface area contributed by atoms with Gasteiger partial charge in [-0.1, -0.05) is 30.9 Å². The number of benzene rings is 1. The van der Waals surface area contributed by atoms with Crippen molar-refractivity contribution in [1.82, 2.24) is 0 Å². The highest BCUT2D eigenvalue weighted by molar-refractivity contribution is 6.30. The molecule has 2 rings (SSSR count). The zero-order chi connectivity index (χ0) is 13.9. The second-order valence-electron chi connectivity index (χ2n) is 4.87. The Morgan fingerprint density at radius 1 is 1.37 bits per heavy atom. The van der Waals surface area contributed by atoms with Crippen molar-refractivity contribution < 1.29 is 9.90 Å². The smallest absolute Gasteiger partial charge is 0.329 e. The molecule has 0 amide bonds. The Hall–Kier alpha value is -1.73. The Morgan fingerprint density at radius 2 is 2.05 bits per heavy atom. The summed E-state index contributed by atoms with van der Waals surface area (Å²) in [5, 5.41) is 22.1. The van der Waals surface area contributed by atoms with E-state index in [-0.39, 0.29) is 0 Å². The molecule has 0 heterocycles. The summed E-state index contributed by atoms with van der Waals surface area (Å²) in [6.45, 7) is 0. The van der Waals surface area contributed by atoms with Crippen molar-refractivity contribution in [2.24, 2.45) is 0 Å². The molecule has 0 radical (unpaired) electrons. The van der Waals surface area contributed by atoms with Crippen LogP contribution in [-0.4, -0.2) is 16.6 Å². The highest BCUT2D eigenvalue weighted by Crippen LogP contribution is 2.33. The minimum Gasteiger partial charge on any atom is -0.480 e. The van der Waals surface area contributed by atoms with Gasteiger partial charge in [0.15, 0.2) is 0 Å². The third-order valence-electron chi connectivity index (χ3n) is 3.59. The molecule has 4 nitrogen and oxygen atoms in total. The molecular weight excluding hydrogens is 264 g/mol. The van der Waals surface area contributed by atoms with Crippen LogP contribution in [0.15, 0.2) is 18.2 Å². The van der Waals surface area contributed by atoms with Gasteiger partial charge in [-0.25, -0.2) is 4.79 Å². The Labute approximate surface area is 117 Å². The van der Waals surface area contributed by atoms with Crippen LogP contribution < -0.4 is 5.32 Å². The molecule has 5 heteroatoms. The second kappa shape index (κ2) is 5.50. The molecule has 1 aromatic rings. The van der Waals surface area contributed by atoms with E-state index in [0.717, 1.165) is 19.3 Å². The summed E-state index contributed by atoms with van der Waals surface area (Å²) in [4.78, 5) is 11.6. The molecule has 0 spiro atoms. The van der Waals surface area contributed by atoms with Crippen LogP contribution in [0.2, 0.25) is 5.02 Å². The minimum atomic E-state index is -0.978. The number of rotatable bonds is 3. The first kappa shape index (κ1) is 13.7. The van der Waals surface area contributed by atoms with E-state index in [9.17, 15) is 9.90 Å². The second-order valence-corrected chi connectivity index (χ2v) is 5.31. The molecule has 0 unspecified atom stereocenters. The zero-order valence-electron chi connectivity index (χ0n) is 10.4. The number of nitriles is 1. The number of halogens is 1. The Balaban J connectivity index is 2.34. The van der Waals surface area contributed by atoms with E-state index in [2.05, 4.69) is 11.4 Å². The van der Waals surface area contributed by atoms with Crippen LogP contribution >= 0.6 is 11.6 Å². The van der Waals surface area contributed by atoms with Gasteiger partial charge in [0, 0.05) is 5.02 Å². The van der Waals surface area contributed by atoms with Gasteiger partial charge in [-0.3, -0.25) is 0 Å². The van der Waals surface area contributed by atoms with Gasteiger partial charge in [0.05, 0.1) is 11.3 Å². The number of carbonyl (C=O) groups is 1. The van der Waals surface area contributed by atoms with Gasteiger partial charge in [0.25, 0.3) is 0 Å². The summed E-state index contributed by atoms with van der Waals surface area (Å²) in [5.74, 6) is -0.865. The molecule has 0 saturated heterocycles. The highest BCUT2D eigenvalue weighted by Gasteiger charge is 2.39. The fraction of sp³-hybridized carbons (Fsp3) is 0.429. The van der Waals surface area contributed by atoms with Gasteiger partial charge >= 0.3 is 5.97 Å². The van der Waals surface area contributed by atoms with Crippen LogP contribution in [0.25, 0.3) is 0 Å². The third-order valence-corrected chi connectivity index (χ3v) is 3.83. The third kappa shape index (κ3) is 2.82. The number of carboxylic acids is 1. The Morgan fingerprint density at radius 3 is 2.63 bits per heavy atom. The average Bonchev–Trinajstić information content (AvgIpc) is 2.40. The van der Waals surface area contributed by atoms with E-state index < -0.39 is 11.5 Å². The van der Waals surface area contributed by atoms with Gasteiger partial charge in [-0.2, -0.15) is 5.26 Å². The minimum absolute atomic E-state index is 0.413. The van der Waals surface area contributed by atoms with Gasteiger partial charge in [0.2, 0.25) is 0 Å². The SMILES string of the molecule is N#Cc1ccc(Cl)cc1NC1(C(=O)O)CCCCC1. The number of hydrogen-bond donors (Lipinski definition) is 2.